The molecule has 0 saturated carbocycles. The van der Waals surface area contributed by atoms with E-state index in [0.717, 1.165) is 12.8 Å². The van der Waals surface area contributed by atoms with Crippen molar-refractivity contribution in [2.24, 2.45) is 0 Å². The van der Waals surface area contributed by atoms with Gasteiger partial charge in [0.2, 0.25) is 0 Å². The summed E-state index contributed by atoms with van der Waals surface area (Å²) in [5, 5.41) is 0.361. The van der Waals surface area contributed by atoms with E-state index < -0.39 is 16.4 Å². The normalized spacial score (nSPS) is 16.0. The molecule has 0 fully saturated rings. The van der Waals surface area contributed by atoms with Gasteiger partial charge in [-0.05, 0) is 43.5 Å². The average molecular weight is 365 g/mol. The highest BCUT2D eigenvalue weighted by molar-refractivity contribution is 6.81. The average Bonchev–Trinajstić information content (AvgIpc) is 2.51. The maximum atomic E-state index is 7.16. The van der Waals surface area contributed by atoms with Gasteiger partial charge in [0, 0.05) is 5.22 Å². The van der Waals surface area contributed by atoms with Gasteiger partial charge in [-0.3, -0.25) is 0 Å². The fourth-order valence-electron chi connectivity index (χ4n) is 3.98. The van der Waals surface area contributed by atoms with E-state index in [4.69, 9.17) is 4.43 Å². The third-order valence-corrected chi connectivity index (χ3v) is 15.0. The van der Waals surface area contributed by atoms with Crippen LogP contribution in [0.2, 0.25) is 37.8 Å². The van der Waals surface area contributed by atoms with Crippen LogP contribution in [0.15, 0.2) is 30.3 Å². The van der Waals surface area contributed by atoms with Crippen molar-refractivity contribution in [1.29, 1.82) is 0 Å². The smallest absolute Gasteiger partial charge is 0.193 e. The highest BCUT2D eigenvalue weighted by Gasteiger charge is 2.51. The van der Waals surface area contributed by atoms with Crippen LogP contribution < -0.4 is 0 Å². The first-order valence-corrected chi connectivity index (χ1v) is 16.1. The van der Waals surface area contributed by atoms with E-state index in [2.05, 4.69) is 90.8 Å². The largest absolute Gasteiger partial charge is 0.414 e. The van der Waals surface area contributed by atoms with Crippen molar-refractivity contribution in [2.45, 2.75) is 96.4 Å². The summed E-state index contributed by atoms with van der Waals surface area (Å²) in [4.78, 5) is 0. The molecule has 0 spiro atoms. The van der Waals surface area contributed by atoms with Crippen molar-refractivity contribution in [3.63, 3.8) is 0 Å². The van der Waals surface area contributed by atoms with Crippen LogP contribution >= 0.6 is 0 Å². The van der Waals surface area contributed by atoms with Crippen LogP contribution in [0.4, 0.5) is 0 Å². The fourth-order valence-corrected chi connectivity index (χ4v) is 10.8. The van der Waals surface area contributed by atoms with Gasteiger partial charge < -0.3 is 4.43 Å². The van der Waals surface area contributed by atoms with Gasteiger partial charge in [0.1, 0.15) is 0 Å². The summed E-state index contributed by atoms with van der Waals surface area (Å²) in [6.07, 6.45) is 4.66. The number of rotatable bonds is 9. The van der Waals surface area contributed by atoms with Crippen LogP contribution in [-0.2, 0) is 10.8 Å². The summed E-state index contributed by atoms with van der Waals surface area (Å²) in [5.74, 6) is 0. The number of hydrogen-bond acceptors (Lipinski definition) is 1. The molecule has 0 amide bonds. The Balaban J connectivity index is 3.21. The van der Waals surface area contributed by atoms with Crippen molar-refractivity contribution >= 4 is 16.4 Å². The van der Waals surface area contributed by atoms with E-state index in [-0.39, 0.29) is 5.22 Å². The van der Waals surface area contributed by atoms with E-state index in [0.29, 0.717) is 5.04 Å². The maximum Gasteiger partial charge on any atom is 0.193 e. The SMILES string of the molecule is CCC(C)(O[Si](C)(C)C(CC)(CC)Cc1ccccc1)[Si](C)(C)C. The maximum absolute atomic E-state index is 7.16. The van der Waals surface area contributed by atoms with Gasteiger partial charge in [-0.1, -0.05) is 83.6 Å². The first-order valence-electron chi connectivity index (χ1n) is 9.71. The van der Waals surface area contributed by atoms with Crippen molar-refractivity contribution in [3.05, 3.63) is 35.9 Å². The van der Waals surface area contributed by atoms with Crippen molar-refractivity contribution in [1.82, 2.24) is 0 Å². The Kier molecular flexibility index (Phi) is 7.11. The van der Waals surface area contributed by atoms with E-state index >= 15 is 0 Å². The molecule has 0 N–H and O–H groups in total. The van der Waals surface area contributed by atoms with Crippen LogP contribution in [-0.4, -0.2) is 21.6 Å². The lowest BCUT2D eigenvalue weighted by Crippen LogP contribution is -2.60. The topological polar surface area (TPSA) is 9.23 Å². The Morgan fingerprint density at radius 1 is 0.833 bits per heavy atom. The zero-order chi connectivity index (χ0) is 18.6. The zero-order valence-corrected chi connectivity index (χ0v) is 19.6. The Morgan fingerprint density at radius 3 is 1.71 bits per heavy atom. The van der Waals surface area contributed by atoms with Crippen molar-refractivity contribution in [3.8, 4) is 0 Å². The Hall–Kier alpha value is -0.386. The van der Waals surface area contributed by atoms with Gasteiger partial charge in [-0.25, -0.2) is 0 Å². The van der Waals surface area contributed by atoms with Gasteiger partial charge >= 0.3 is 0 Å². The summed E-state index contributed by atoms with van der Waals surface area (Å²) >= 11 is 0. The highest BCUT2D eigenvalue weighted by Crippen LogP contribution is 2.50. The lowest BCUT2D eigenvalue weighted by molar-refractivity contribution is 0.133. The predicted molar refractivity (Wildman–Crippen MR) is 114 cm³/mol. The molecule has 1 unspecified atom stereocenters. The van der Waals surface area contributed by atoms with E-state index in [1.54, 1.807) is 0 Å². The molecule has 1 aromatic carbocycles. The minimum Gasteiger partial charge on any atom is -0.414 e. The van der Waals surface area contributed by atoms with Crippen LogP contribution in [0.25, 0.3) is 0 Å². The molecule has 0 bridgehead atoms. The molecule has 138 valence electrons. The third-order valence-electron chi connectivity index (χ3n) is 6.76. The highest BCUT2D eigenvalue weighted by atomic mass is 28.4. The number of hydrogen-bond donors (Lipinski definition) is 0. The van der Waals surface area contributed by atoms with Gasteiger partial charge in [-0.15, -0.1) is 0 Å². The second-order valence-electron chi connectivity index (χ2n) is 9.10. The molecule has 1 nitrogen and oxygen atoms in total. The Bertz CT molecular complexity index is 500. The predicted octanol–water partition coefficient (Wildman–Crippen LogP) is 7.06. The molecule has 0 aliphatic rings. The van der Waals surface area contributed by atoms with Crippen LogP contribution in [0.1, 0.15) is 52.5 Å². The van der Waals surface area contributed by atoms with Crippen molar-refractivity contribution < 1.29 is 4.43 Å². The second-order valence-corrected chi connectivity index (χ2v) is 18.9. The molecule has 0 aliphatic carbocycles. The molecule has 0 heterocycles. The molecular weight excluding hydrogens is 324 g/mol. The molecule has 3 heteroatoms. The van der Waals surface area contributed by atoms with Crippen LogP contribution in [0, 0.1) is 0 Å². The zero-order valence-electron chi connectivity index (χ0n) is 17.6. The summed E-state index contributed by atoms with van der Waals surface area (Å²) in [6, 6.07) is 11.0. The van der Waals surface area contributed by atoms with E-state index in [1.165, 1.54) is 18.4 Å². The molecule has 1 atom stereocenters. The number of benzene rings is 1. The summed E-state index contributed by atoms with van der Waals surface area (Å²) in [6.45, 7) is 21.7. The molecule has 1 aromatic rings. The van der Waals surface area contributed by atoms with Gasteiger partial charge in [0.15, 0.2) is 8.32 Å². The quantitative estimate of drug-likeness (QED) is 0.426. The van der Waals surface area contributed by atoms with Gasteiger partial charge in [-0.2, -0.15) is 0 Å². The molecule has 0 saturated heterocycles. The molecule has 0 aliphatic heterocycles. The van der Waals surface area contributed by atoms with E-state index in [1.807, 2.05) is 0 Å². The summed E-state index contributed by atoms with van der Waals surface area (Å²) in [7, 11) is -3.30. The first-order chi connectivity index (χ1) is 11.0. The van der Waals surface area contributed by atoms with Crippen LogP contribution in [0.5, 0.6) is 0 Å². The van der Waals surface area contributed by atoms with Gasteiger partial charge in [0.05, 0.1) is 8.07 Å². The molecule has 0 radical (unpaired) electrons. The Morgan fingerprint density at radius 2 is 1.33 bits per heavy atom. The minimum absolute atomic E-state index is 0.0645. The lowest BCUT2D eigenvalue weighted by atomic mass is 9.93. The van der Waals surface area contributed by atoms with Crippen molar-refractivity contribution in [2.75, 3.05) is 0 Å². The first kappa shape index (κ1) is 21.7. The lowest BCUT2D eigenvalue weighted by Gasteiger charge is -2.52. The van der Waals surface area contributed by atoms with Crippen LogP contribution in [0.3, 0.4) is 0 Å². The fraction of sp³-hybridized carbons (Fsp3) is 0.714. The standard InChI is InChI=1S/C21H40OSi2/c1-10-20(4,23(5,6)7)22-24(8,9)21(11-2,12-3)18-19-16-14-13-15-17-19/h13-17H,10-12,18H2,1-9H3. The molecule has 0 aromatic heterocycles. The van der Waals surface area contributed by atoms with Gasteiger partial charge in [0.25, 0.3) is 0 Å². The monoisotopic (exact) mass is 364 g/mol. The third kappa shape index (κ3) is 4.41. The molecule has 1 rings (SSSR count). The summed E-state index contributed by atoms with van der Waals surface area (Å²) in [5.41, 5.74) is 1.46. The molecular formula is C21H40OSi2. The molecule has 24 heavy (non-hydrogen) atoms. The Labute approximate surface area is 153 Å². The summed E-state index contributed by atoms with van der Waals surface area (Å²) < 4.78 is 7.16. The second kappa shape index (κ2) is 7.88. The van der Waals surface area contributed by atoms with E-state index in [9.17, 15) is 0 Å². The minimum atomic E-state index is -1.90.